The van der Waals surface area contributed by atoms with Gasteiger partial charge in [0.15, 0.2) is 0 Å². The fraction of sp³-hybridized carbons (Fsp3) is 0.227. The van der Waals surface area contributed by atoms with Gasteiger partial charge in [-0.1, -0.05) is 6.07 Å². The first kappa shape index (κ1) is 20.8. The first-order chi connectivity index (χ1) is 15.1. The van der Waals surface area contributed by atoms with Gasteiger partial charge in [-0.05, 0) is 41.8 Å². The molecule has 3 aromatic rings. The minimum atomic E-state index is -0.155. The van der Waals surface area contributed by atoms with Crippen LogP contribution in [0.15, 0.2) is 64.8 Å². The number of hydrogen-bond acceptors (Lipinski definition) is 6. The highest BCUT2D eigenvalue weighted by Crippen LogP contribution is 2.17. The topological polar surface area (TPSA) is 94.9 Å². The Morgan fingerprint density at radius 1 is 0.935 bits per heavy atom. The number of rotatable bonds is 6. The number of carbonyl (C=O) groups is 3. The molecule has 1 aliphatic rings. The summed E-state index contributed by atoms with van der Waals surface area (Å²) in [6.07, 6.45) is 2.93. The summed E-state index contributed by atoms with van der Waals surface area (Å²) in [4.78, 5) is 41.2. The van der Waals surface area contributed by atoms with E-state index in [4.69, 9.17) is 4.42 Å². The molecule has 160 valence electrons. The Kier molecular flexibility index (Phi) is 6.44. The molecule has 0 unspecified atom stereocenters. The second-order valence-corrected chi connectivity index (χ2v) is 8.09. The predicted octanol–water partition coefficient (Wildman–Crippen LogP) is 2.99. The predicted molar refractivity (Wildman–Crippen MR) is 118 cm³/mol. The van der Waals surface area contributed by atoms with Crippen LogP contribution in [0, 0.1) is 0 Å². The van der Waals surface area contributed by atoms with E-state index in [1.807, 2.05) is 16.3 Å². The SMILES string of the molecule is O=C(CN1CCN(C(=O)c2ccoc2)CC1)Nc1ccc(NC(=O)c2cccs2)cc1. The fourth-order valence-corrected chi connectivity index (χ4v) is 3.94. The zero-order valence-electron chi connectivity index (χ0n) is 16.7. The summed E-state index contributed by atoms with van der Waals surface area (Å²) >= 11 is 1.38. The van der Waals surface area contributed by atoms with Gasteiger partial charge in [0, 0.05) is 37.6 Å². The molecular formula is C22H22N4O4S. The first-order valence-electron chi connectivity index (χ1n) is 9.87. The van der Waals surface area contributed by atoms with Gasteiger partial charge in [0.1, 0.15) is 6.26 Å². The van der Waals surface area contributed by atoms with Crippen LogP contribution in [0.2, 0.25) is 0 Å². The molecule has 1 saturated heterocycles. The molecule has 2 aromatic heterocycles. The molecule has 0 saturated carbocycles. The van der Waals surface area contributed by atoms with Gasteiger partial charge in [0.25, 0.3) is 11.8 Å². The van der Waals surface area contributed by atoms with Crippen LogP contribution in [0.5, 0.6) is 0 Å². The van der Waals surface area contributed by atoms with E-state index in [0.29, 0.717) is 48.0 Å². The van der Waals surface area contributed by atoms with E-state index < -0.39 is 0 Å². The van der Waals surface area contributed by atoms with Crippen molar-refractivity contribution in [1.82, 2.24) is 9.80 Å². The maximum absolute atomic E-state index is 12.4. The molecule has 1 aliphatic heterocycles. The van der Waals surface area contributed by atoms with Crippen LogP contribution in [-0.2, 0) is 4.79 Å². The zero-order chi connectivity index (χ0) is 21.6. The minimum absolute atomic E-state index is 0.0517. The van der Waals surface area contributed by atoms with Crippen LogP contribution in [0.4, 0.5) is 11.4 Å². The lowest BCUT2D eigenvalue weighted by atomic mass is 10.2. The van der Waals surface area contributed by atoms with Crippen molar-refractivity contribution in [3.8, 4) is 0 Å². The Balaban J connectivity index is 1.22. The number of amides is 3. The molecule has 0 radical (unpaired) electrons. The van der Waals surface area contributed by atoms with Crippen molar-refractivity contribution in [2.75, 3.05) is 43.4 Å². The molecule has 3 heterocycles. The number of benzene rings is 1. The summed E-state index contributed by atoms with van der Waals surface area (Å²) in [6, 6.07) is 12.3. The van der Waals surface area contributed by atoms with Gasteiger partial charge in [0.2, 0.25) is 5.91 Å². The Bertz CT molecular complexity index is 1020. The molecule has 31 heavy (non-hydrogen) atoms. The first-order valence-corrected chi connectivity index (χ1v) is 10.7. The molecule has 1 aromatic carbocycles. The number of anilines is 2. The van der Waals surface area contributed by atoms with E-state index in [9.17, 15) is 14.4 Å². The number of carbonyl (C=O) groups excluding carboxylic acids is 3. The average Bonchev–Trinajstić information content (AvgIpc) is 3.50. The lowest BCUT2D eigenvalue weighted by molar-refractivity contribution is -0.117. The average molecular weight is 439 g/mol. The summed E-state index contributed by atoms with van der Waals surface area (Å²) < 4.78 is 4.97. The molecule has 4 rings (SSSR count). The van der Waals surface area contributed by atoms with Crippen LogP contribution >= 0.6 is 11.3 Å². The second kappa shape index (κ2) is 9.59. The van der Waals surface area contributed by atoms with Crippen molar-refractivity contribution in [2.24, 2.45) is 0 Å². The van der Waals surface area contributed by atoms with Gasteiger partial charge >= 0.3 is 0 Å². The van der Waals surface area contributed by atoms with E-state index in [1.54, 1.807) is 41.3 Å². The number of nitrogens with one attached hydrogen (secondary N) is 2. The molecule has 3 amide bonds. The number of piperazine rings is 1. The highest BCUT2D eigenvalue weighted by Gasteiger charge is 2.23. The van der Waals surface area contributed by atoms with E-state index >= 15 is 0 Å². The molecule has 0 bridgehead atoms. The highest BCUT2D eigenvalue weighted by molar-refractivity contribution is 7.12. The van der Waals surface area contributed by atoms with Crippen LogP contribution < -0.4 is 10.6 Å². The quantitative estimate of drug-likeness (QED) is 0.617. The van der Waals surface area contributed by atoms with E-state index in [1.165, 1.54) is 23.9 Å². The zero-order valence-corrected chi connectivity index (χ0v) is 17.6. The van der Waals surface area contributed by atoms with Gasteiger partial charge in [-0.15, -0.1) is 11.3 Å². The summed E-state index contributed by atoms with van der Waals surface area (Å²) in [5.74, 6) is -0.328. The molecule has 0 aliphatic carbocycles. The smallest absolute Gasteiger partial charge is 0.265 e. The molecular weight excluding hydrogens is 416 g/mol. The normalized spacial score (nSPS) is 14.3. The highest BCUT2D eigenvalue weighted by atomic mass is 32.1. The van der Waals surface area contributed by atoms with Gasteiger partial charge < -0.3 is 20.0 Å². The van der Waals surface area contributed by atoms with Crippen molar-refractivity contribution in [3.05, 3.63) is 70.8 Å². The molecule has 0 atom stereocenters. The third kappa shape index (κ3) is 5.39. The maximum atomic E-state index is 12.4. The molecule has 9 heteroatoms. The van der Waals surface area contributed by atoms with Crippen molar-refractivity contribution in [3.63, 3.8) is 0 Å². The van der Waals surface area contributed by atoms with Gasteiger partial charge in [-0.2, -0.15) is 0 Å². The standard InChI is InChI=1S/C22H22N4O4S/c27-20(14-25-8-10-26(11-9-25)22(29)16-7-12-30-15-16)23-17-3-5-18(6-4-17)24-21(28)19-2-1-13-31-19/h1-7,12-13,15H,8-11,14H2,(H,23,27)(H,24,28). The second-order valence-electron chi connectivity index (χ2n) is 7.14. The Labute approximate surface area is 183 Å². The van der Waals surface area contributed by atoms with Crippen LogP contribution in [-0.4, -0.2) is 60.2 Å². The summed E-state index contributed by atoms with van der Waals surface area (Å²) in [5.41, 5.74) is 1.86. The summed E-state index contributed by atoms with van der Waals surface area (Å²) in [5, 5.41) is 7.55. The minimum Gasteiger partial charge on any atom is -0.472 e. The Morgan fingerprint density at radius 2 is 1.65 bits per heavy atom. The van der Waals surface area contributed by atoms with Gasteiger partial charge in [0.05, 0.1) is 23.2 Å². The number of furan rings is 1. The van der Waals surface area contributed by atoms with E-state index in [2.05, 4.69) is 10.6 Å². The van der Waals surface area contributed by atoms with Crippen LogP contribution in [0.3, 0.4) is 0 Å². The van der Waals surface area contributed by atoms with Crippen molar-refractivity contribution >= 4 is 40.4 Å². The van der Waals surface area contributed by atoms with E-state index in [-0.39, 0.29) is 24.3 Å². The third-order valence-electron chi connectivity index (χ3n) is 4.97. The Hall–Kier alpha value is -3.43. The fourth-order valence-electron chi connectivity index (χ4n) is 3.32. The molecule has 8 nitrogen and oxygen atoms in total. The summed E-state index contributed by atoms with van der Waals surface area (Å²) in [6.45, 7) is 2.64. The molecule has 0 spiro atoms. The van der Waals surface area contributed by atoms with Crippen LogP contribution in [0.25, 0.3) is 0 Å². The van der Waals surface area contributed by atoms with Gasteiger partial charge in [-0.25, -0.2) is 0 Å². The third-order valence-corrected chi connectivity index (χ3v) is 5.83. The number of nitrogens with zero attached hydrogens (tertiary/aromatic N) is 2. The maximum Gasteiger partial charge on any atom is 0.265 e. The summed E-state index contributed by atoms with van der Waals surface area (Å²) in [7, 11) is 0. The van der Waals surface area contributed by atoms with Gasteiger partial charge in [-0.3, -0.25) is 19.3 Å². The monoisotopic (exact) mass is 438 g/mol. The number of hydrogen-bond donors (Lipinski definition) is 2. The Morgan fingerprint density at radius 3 is 2.26 bits per heavy atom. The lowest BCUT2D eigenvalue weighted by Gasteiger charge is -2.34. The number of thiophene rings is 1. The van der Waals surface area contributed by atoms with Crippen molar-refractivity contribution < 1.29 is 18.8 Å². The largest absolute Gasteiger partial charge is 0.472 e. The van der Waals surface area contributed by atoms with Crippen molar-refractivity contribution in [2.45, 2.75) is 0 Å². The lowest BCUT2D eigenvalue weighted by Crippen LogP contribution is -2.50. The molecule has 2 N–H and O–H groups in total. The van der Waals surface area contributed by atoms with Crippen molar-refractivity contribution in [1.29, 1.82) is 0 Å². The molecule has 1 fully saturated rings. The van der Waals surface area contributed by atoms with E-state index in [0.717, 1.165) is 0 Å². The van der Waals surface area contributed by atoms with Crippen LogP contribution in [0.1, 0.15) is 20.0 Å².